The first-order chi connectivity index (χ1) is 30.9. The number of allylic oxidation sites excluding steroid dienone is 1. The highest BCUT2D eigenvalue weighted by Gasteiger charge is 2.49. The highest BCUT2D eigenvalue weighted by atomic mass is 19.1. The van der Waals surface area contributed by atoms with Crippen LogP contribution in [0.15, 0.2) is 48.7 Å². The van der Waals surface area contributed by atoms with E-state index in [0.717, 1.165) is 44.2 Å². The molecule has 14 nitrogen and oxygen atoms in total. The lowest BCUT2D eigenvalue weighted by molar-refractivity contribution is 0.000840. The summed E-state index contributed by atoms with van der Waals surface area (Å²) < 4.78 is 61.8. The van der Waals surface area contributed by atoms with Gasteiger partial charge in [-0.25, -0.2) is 23.4 Å². The number of pyridine rings is 2. The molecule has 0 spiro atoms. The number of rotatable bonds is 14. The number of aromatic nitrogens is 4. The van der Waals surface area contributed by atoms with Gasteiger partial charge in [-0.05, 0) is 112 Å². The van der Waals surface area contributed by atoms with Gasteiger partial charge in [-0.15, -0.1) is 0 Å². The third-order valence-electron chi connectivity index (χ3n) is 11.6. The van der Waals surface area contributed by atoms with Gasteiger partial charge in [-0.2, -0.15) is 9.97 Å². The van der Waals surface area contributed by atoms with E-state index < -0.39 is 34.8 Å². The maximum absolute atomic E-state index is 17.3. The van der Waals surface area contributed by atoms with Gasteiger partial charge in [-0.3, -0.25) is 15.2 Å². The zero-order chi connectivity index (χ0) is 46.4. The van der Waals surface area contributed by atoms with Crippen LogP contribution in [-0.2, 0) is 20.8 Å². The van der Waals surface area contributed by atoms with Crippen LogP contribution in [-0.4, -0.2) is 110 Å². The number of fused-ring (bicyclic) bond motifs is 2. The van der Waals surface area contributed by atoms with Crippen LogP contribution in [0.2, 0.25) is 0 Å². The van der Waals surface area contributed by atoms with E-state index in [1.807, 2.05) is 63.3 Å². The average molecular weight is 900 g/mol. The van der Waals surface area contributed by atoms with E-state index in [4.69, 9.17) is 23.7 Å². The molecule has 0 bridgehead atoms. The van der Waals surface area contributed by atoms with E-state index in [0.29, 0.717) is 62.3 Å². The molecular formula is C49H63F2N7O7. The highest BCUT2D eigenvalue weighted by Crippen LogP contribution is 2.41. The molecule has 3 atom stereocenters. The zero-order valence-corrected chi connectivity index (χ0v) is 38.8. The van der Waals surface area contributed by atoms with Crippen LogP contribution >= 0.6 is 0 Å². The van der Waals surface area contributed by atoms with Crippen molar-refractivity contribution in [2.45, 2.75) is 135 Å². The van der Waals surface area contributed by atoms with Crippen LogP contribution < -0.4 is 14.8 Å². The molecule has 3 aliphatic rings. The Balaban J connectivity index is 1.16. The first kappa shape index (κ1) is 47.5. The van der Waals surface area contributed by atoms with E-state index in [1.54, 1.807) is 38.7 Å². The third-order valence-corrected chi connectivity index (χ3v) is 11.6. The lowest BCUT2D eigenvalue weighted by atomic mass is 9.95. The van der Waals surface area contributed by atoms with E-state index in [-0.39, 0.29) is 59.7 Å². The van der Waals surface area contributed by atoms with Crippen LogP contribution in [0, 0.1) is 12.7 Å². The summed E-state index contributed by atoms with van der Waals surface area (Å²) in [5.41, 5.74) is 0.362. The molecule has 0 radical (unpaired) electrons. The van der Waals surface area contributed by atoms with Crippen LogP contribution in [0.25, 0.3) is 28.2 Å². The molecule has 4 aromatic rings. The fraction of sp³-hybridized carbons (Fsp3) is 0.551. The van der Waals surface area contributed by atoms with Gasteiger partial charge in [0.15, 0.2) is 5.82 Å². The summed E-state index contributed by atoms with van der Waals surface area (Å²) in [6, 6.07) is 11.0. The number of aryl methyl sites for hydroxylation is 1. The number of likely N-dealkylation sites (tertiary alicyclic amines) is 1. The maximum Gasteiger partial charge on any atom is 0.413 e. The molecular weight excluding hydrogens is 837 g/mol. The monoisotopic (exact) mass is 899 g/mol. The van der Waals surface area contributed by atoms with Crippen molar-refractivity contribution in [3.63, 3.8) is 0 Å². The predicted octanol–water partition coefficient (Wildman–Crippen LogP) is 10.0. The number of carbonyl (C=O) groups is 2. The molecule has 1 aromatic carbocycles. The number of benzene rings is 1. The summed E-state index contributed by atoms with van der Waals surface area (Å²) in [6.45, 7) is 15.6. The van der Waals surface area contributed by atoms with Gasteiger partial charge in [0, 0.05) is 49.1 Å². The number of anilines is 1. The summed E-state index contributed by atoms with van der Waals surface area (Å²) >= 11 is 0. The molecule has 65 heavy (non-hydrogen) atoms. The average Bonchev–Trinajstić information content (AvgIpc) is 3.65. The van der Waals surface area contributed by atoms with Crippen molar-refractivity contribution in [2.75, 3.05) is 44.7 Å². The Morgan fingerprint density at radius 3 is 2.52 bits per heavy atom. The second-order valence-electron chi connectivity index (χ2n) is 19.3. The Labute approximate surface area is 380 Å². The molecule has 3 saturated heterocycles. The van der Waals surface area contributed by atoms with Crippen molar-refractivity contribution in [2.24, 2.45) is 0 Å². The zero-order valence-electron chi connectivity index (χ0n) is 38.8. The molecule has 16 heteroatoms. The molecule has 0 saturated carbocycles. The summed E-state index contributed by atoms with van der Waals surface area (Å²) in [4.78, 5) is 48.1. The highest BCUT2D eigenvalue weighted by molar-refractivity contribution is 5.90. The van der Waals surface area contributed by atoms with Gasteiger partial charge in [0.05, 0.1) is 23.6 Å². The van der Waals surface area contributed by atoms with Crippen molar-refractivity contribution in [3.05, 3.63) is 71.3 Å². The van der Waals surface area contributed by atoms with Gasteiger partial charge < -0.3 is 28.6 Å². The molecule has 2 amide bonds. The summed E-state index contributed by atoms with van der Waals surface area (Å²) in [6.07, 6.45) is 9.30. The fourth-order valence-electron chi connectivity index (χ4n) is 8.69. The van der Waals surface area contributed by atoms with E-state index in [1.165, 1.54) is 6.20 Å². The summed E-state index contributed by atoms with van der Waals surface area (Å²) in [5.74, 6) is -0.529. The number of hydrogen-bond acceptors (Lipinski definition) is 12. The van der Waals surface area contributed by atoms with Gasteiger partial charge in [0.1, 0.15) is 47.6 Å². The first-order valence-electron chi connectivity index (χ1n) is 22.8. The number of ether oxygens (including phenoxy) is 5. The second kappa shape index (κ2) is 20.4. The fourth-order valence-corrected chi connectivity index (χ4v) is 8.69. The van der Waals surface area contributed by atoms with Gasteiger partial charge >= 0.3 is 18.2 Å². The van der Waals surface area contributed by atoms with Gasteiger partial charge in [0.25, 0.3) is 0 Å². The molecule has 3 fully saturated rings. The normalized spacial score (nSPS) is 20.5. The molecule has 3 aromatic heterocycles. The number of amides is 2. The van der Waals surface area contributed by atoms with Crippen molar-refractivity contribution < 1.29 is 42.1 Å². The van der Waals surface area contributed by atoms with Crippen molar-refractivity contribution in [1.82, 2.24) is 29.7 Å². The quantitative estimate of drug-likeness (QED) is 0.120. The first-order valence-corrected chi connectivity index (χ1v) is 22.8. The molecule has 350 valence electrons. The number of hydrogen-bond donors (Lipinski definition) is 1. The van der Waals surface area contributed by atoms with E-state index >= 15 is 4.39 Å². The van der Waals surface area contributed by atoms with Crippen LogP contribution in [0.3, 0.4) is 0 Å². The number of carbonyl (C=O) groups excluding carboxylic acids is 2. The van der Waals surface area contributed by atoms with Crippen LogP contribution in [0.4, 0.5) is 24.2 Å². The second-order valence-corrected chi connectivity index (χ2v) is 19.3. The lowest BCUT2D eigenvalue weighted by Crippen LogP contribution is -2.43. The molecule has 7 rings (SSSR count). The van der Waals surface area contributed by atoms with Crippen LogP contribution in [0.1, 0.15) is 110 Å². The Bertz CT molecular complexity index is 2340. The predicted molar refractivity (Wildman–Crippen MR) is 244 cm³/mol. The largest absolute Gasteiger partial charge is 0.472 e. The van der Waals surface area contributed by atoms with Gasteiger partial charge in [-0.1, -0.05) is 42.5 Å². The van der Waals surface area contributed by atoms with Crippen molar-refractivity contribution in [1.29, 1.82) is 0 Å². The standard InChI is InChI=1S/C49H63F2N7O7/c1-32-36(20-12-9-15-24-61-35-19-13-14-22-57(29-35)46(60)65-48(5,6)7)37(25-39(53-32)54-45(59)64-47(2,3)4)41-40(51)42-38(27-52-41)43(62-30-33-17-10-8-11-18-33)56-44(55-42)63-31-49-21-16-23-58(49)28-34(50)26-49/h8,10-12,17-18,20,25,27,34-35H,9,13-16,19,21-24,26,28-31H2,1-7H3,(H,53,54,59)/b20-12+/t34-,35?,49+/m1/s1. The van der Waals surface area contributed by atoms with Crippen molar-refractivity contribution in [3.8, 4) is 23.1 Å². The molecule has 3 aliphatic heterocycles. The number of nitrogens with one attached hydrogen (secondary N) is 1. The van der Waals surface area contributed by atoms with Crippen molar-refractivity contribution >= 4 is 35.0 Å². The number of alkyl halides is 1. The summed E-state index contributed by atoms with van der Waals surface area (Å²) in [5, 5.41) is 2.93. The Kier molecular flexibility index (Phi) is 14.9. The minimum Gasteiger partial charge on any atom is -0.472 e. The van der Waals surface area contributed by atoms with Gasteiger partial charge in [0.2, 0.25) is 5.88 Å². The number of nitrogens with zero attached hydrogens (tertiary/aromatic N) is 6. The minimum atomic E-state index is -0.952. The molecule has 1 N–H and O–H groups in total. The number of unbranched alkanes of at least 4 members (excludes halogenated alkanes) is 1. The maximum atomic E-state index is 17.3. The Morgan fingerprint density at radius 2 is 1.75 bits per heavy atom. The van der Waals surface area contributed by atoms with E-state index in [9.17, 15) is 14.0 Å². The Hall–Kier alpha value is -5.48. The van der Waals surface area contributed by atoms with Crippen LogP contribution in [0.5, 0.6) is 11.9 Å². The topological polar surface area (TPSA) is 150 Å². The Morgan fingerprint density at radius 1 is 0.969 bits per heavy atom. The summed E-state index contributed by atoms with van der Waals surface area (Å²) in [7, 11) is 0. The molecule has 0 aliphatic carbocycles. The lowest BCUT2D eigenvalue weighted by Gasteiger charge is -2.30. The van der Waals surface area contributed by atoms with E-state index in [2.05, 4.69) is 30.2 Å². The third kappa shape index (κ3) is 12.5. The molecule has 6 heterocycles. The molecule has 1 unspecified atom stereocenters. The minimum absolute atomic E-state index is 0.0450. The smallest absolute Gasteiger partial charge is 0.413 e. The number of halogens is 2. The SMILES string of the molecule is Cc1nc(NC(=O)OC(C)(C)C)cc(-c2ncc3c(OCc4ccccc4)nc(OC[C@@]45CCCN4C[C@H](F)C5)nc3c2F)c1/C=C/CCCOC1CCCCN(C(=O)OC(C)(C)C)C1.